The lowest BCUT2D eigenvalue weighted by Crippen LogP contribution is -2.29. The molecule has 2 heterocycles. The second-order valence-electron chi connectivity index (χ2n) is 7.16. The summed E-state index contributed by atoms with van der Waals surface area (Å²) in [5, 5.41) is 0.782. The highest BCUT2D eigenvalue weighted by Crippen LogP contribution is 2.25. The number of ether oxygens (including phenoxy) is 1. The number of nitrogens with zero attached hydrogens (tertiary/aromatic N) is 1. The number of hydrogen-bond acceptors (Lipinski definition) is 5. The van der Waals surface area contributed by atoms with Crippen molar-refractivity contribution in [2.75, 3.05) is 13.2 Å². The minimum atomic E-state index is -0.743. The molecule has 31 heavy (non-hydrogen) atoms. The first kappa shape index (κ1) is 20.3. The summed E-state index contributed by atoms with van der Waals surface area (Å²) >= 11 is 0. The second-order valence-corrected chi connectivity index (χ2v) is 7.16. The Balaban J connectivity index is 1.49. The summed E-state index contributed by atoms with van der Waals surface area (Å²) < 4.78 is 5.19. The van der Waals surface area contributed by atoms with Gasteiger partial charge in [0.05, 0.1) is 16.7 Å². The number of amides is 2. The highest BCUT2D eigenvalue weighted by atomic mass is 16.5. The summed E-state index contributed by atoms with van der Waals surface area (Å²) in [6.45, 7) is 5.22. The van der Waals surface area contributed by atoms with Gasteiger partial charge >= 0.3 is 5.97 Å². The van der Waals surface area contributed by atoms with E-state index in [4.69, 9.17) is 4.74 Å². The molecule has 0 saturated carbocycles. The third-order valence-corrected chi connectivity index (χ3v) is 5.34. The number of hydrogen-bond donors (Lipinski definition) is 1. The molecule has 7 nitrogen and oxygen atoms in total. The number of benzene rings is 2. The highest BCUT2D eigenvalue weighted by molar-refractivity contribution is 6.22. The quantitative estimate of drug-likeness (QED) is 0.275. The van der Waals surface area contributed by atoms with Crippen LogP contribution in [0.4, 0.5) is 0 Å². The predicted molar refractivity (Wildman–Crippen MR) is 114 cm³/mol. The number of nitrogens with one attached hydrogen (secondary N) is 1. The molecule has 0 radical (unpaired) electrons. The number of Topliss-reactive ketones (excluding diaryl/α,β-unsaturated/α-hetero) is 1. The van der Waals surface area contributed by atoms with Crippen molar-refractivity contribution < 1.29 is 23.9 Å². The normalized spacial score (nSPS) is 12.9. The number of carbonyl (C=O) groups excluding carboxylic acids is 4. The Hall–Kier alpha value is -4.00. The molecule has 156 valence electrons. The molecule has 0 saturated heterocycles. The summed E-state index contributed by atoms with van der Waals surface area (Å²) in [5.74, 6) is -2.00. The van der Waals surface area contributed by atoms with Crippen LogP contribution in [0.15, 0.2) is 55.3 Å². The largest absolute Gasteiger partial charge is 0.454 e. The lowest BCUT2D eigenvalue weighted by molar-refractivity contribution is 0.0475. The van der Waals surface area contributed by atoms with E-state index in [1.807, 2.05) is 25.1 Å². The van der Waals surface area contributed by atoms with Gasteiger partial charge < -0.3 is 9.72 Å². The summed E-state index contributed by atoms with van der Waals surface area (Å²) in [6, 6.07) is 9.87. The van der Waals surface area contributed by atoms with E-state index in [0.29, 0.717) is 5.56 Å². The zero-order chi connectivity index (χ0) is 22.1. The van der Waals surface area contributed by atoms with E-state index in [1.165, 1.54) is 24.3 Å². The Morgan fingerprint density at radius 3 is 2.65 bits per heavy atom. The first-order valence-electron chi connectivity index (χ1n) is 9.86. The average Bonchev–Trinajstić information content (AvgIpc) is 3.32. The van der Waals surface area contributed by atoms with Crippen molar-refractivity contribution in [1.82, 2.24) is 9.88 Å². The molecule has 4 rings (SSSR count). The first-order valence-corrected chi connectivity index (χ1v) is 9.86. The Kier molecular flexibility index (Phi) is 5.25. The number of carbonyl (C=O) groups is 4. The lowest BCUT2D eigenvalue weighted by atomic mass is 10.0. The molecule has 3 aromatic rings. The van der Waals surface area contributed by atoms with Crippen molar-refractivity contribution in [2.45, 2.75) is 13.3 Å². The molecular weight excluding hydrogens is 396 g/mol. The Labute approximate surface area is 178 Å². The number of aryl methyl sites for hydroxylation is 1. The van der Waals surface area contributed by atoms with Crippen LogP contribution in [-0.2, 0) is 11.2 Å². The number of fused-ring (bicyclic) bond motifs is 2. The smallest absolute Gasteiger partial charge is 0.338 e. The fourth-order valence-corrected chi connectivity index (χ4v) is 3.75. The van der Waals surface area contributed by atoms with E-state index in [9.17, 15) is 19.2 Å². The van der Waals surface area contributed by atoms with Crippen LogP contribution in [0.2, 0.25) is 0 Å². The number of esters is 1. The van der Waals surface area contributed by atoms with Crippen molar-refractivity contribution in [3.8, 4) is 0 Å². The SMILES string of the molecule is C=CCN1C(=O)c2ccc(C(=O)OCC(=O)c3c[nH]c4c(CC)cccc34)cc2C1=O. The molecule has 0 fully saturated rings. The van der Waals surface area contributed by atoms with Crippen LogP contribution in [0.1, 0.15) is 53.9 Å². The summed E-state index contributed by atoms with van der Waals surface area (Å²) in [4.78, 5) is 54.0. The fraction of sp³-hybridized carbons (Fsp3) is 0.167. The van der Waals surface area contributed by atoms with Crippen LogP contribution in [0.3, 0.4) is 0 Å². The lowest BCUT2D eigenvalue weighted by Gasteiger charge is -2.09. The molecule has 1 N–H and O–H groups in total. The topological polar surface area (TPSA) is 96.5 Å². The third-order valence-electron chi connectivity index (χ3n) is 5.34. The molecule has 0 bridgehead atoms. The van der Waals surface area contributed by atoms with Crippen LogP contribution in [-0.4, -0.2) is 46.6 Å². The zero-order valence-electron chi connectivity index (χ0n) is 16.9. The number of aromatic amines is 1. The molecule has 0 atom stereocenters. The number of ketones is 1. The van der Waals surface area contributed by atoms with Gasteiger partial charge in [-0.05, 0) is 30.2 Å². The summed E-state index contributed by atoms with van der Waals surface area (Å²) in [6.07, 6.45) is 3.90. The van der Waals surface area contributed by atoms with Crippen LogP contribution >= 0.6 is 0 Å². The van der Waals surface area contributed by atoms with Gasteiger partial charge in [-0.1, -0.05) is 31.2 Å². The number of imide groups is 1. The minimum absolute atomic E-state index is 0.0883. The van der Waals surface area contributed by atoms with Crippen molar-refractivity contribution in [1.29, 1.82) is 0 Å². The van der Waals surface area contributed by atoms with Crippen LogP contribution in [0, 0.1) is 0 Å². The molecule has 1 aromatic heterocycles. The van der Waals surface area contributed by atoms with Crippen LogP contribution < -0.4 is 0 Å². The van der Waals surface area contributed by atoms with E-state index in [-0.39, 0.29) is 29.0 Å². The minimum Gasteiger partial charge on any atom is -0.454 e. The van der Waals surface area contributed by atoms with E-state index in [1.54, 1.807) is 6.20 Å². The molecule has 0 spiro atoms. The molecule has 2 amide bonds. The Morgan fingerprint density at radius 2 is 1.90 bits per heavy atom. The van der Waals surface area contributed by atoms with Crippen LogP contribution in [0.25, 0.3) is 10.9 Å². The van der Waals surface area contributed by atoms with Crippen molar-refractivity contribution >= 4 is 34.5 Å². The van der Waals surface area contributed by atoms with Gasteiger partial charge in [-0.25, -0.2) is 4.79 Å². The van der Waals surface area contributed by atoms with Gasteiger partial charge in [-0.15, -0.1) is 6.58 Å². The number of rotatable bonds is 7. The standard InChI is InChI=1S/C24H20N2O5/c1-3-10-26-22(28)17-9-8-15(11-18(17)23(26)29)24(30)31-13-20(27)19-12-25-21-14(4-2)6-5-7-16(19)21/h3,5-9,11-12,25H,1,4,10,13H2,2H3. The van der Waals surface area contributed by atoms with E-state index in [0.717, 1.165) is 27.8 Å². The molecule has 2 aromatic carbocycles. The van der Waals surface area contributed by atoms with Gasteiger partial charge in [0.15, 0.2) is 6.61 Å². The number of aromatic nitrogens is 1. The Morgan fingerprint density at radius 1 is 1.13 bits per heavy atom. The van der Waals surface area contributed by atoms with Gasteiger partial charge in [0.2, 0.25) is 5.78 Å². The number of para-hydroxylation sites is 1. The molecule has 1 aliphatic rings. The van der Waals surface area contributed by atoms with E-state index in [2.05, 4.69) is 11.6 Å². The van der Waals surface area contributed by atoms with Gasteiger partial charge in [-0.2, -0.15) is 0 Å². The summed E-state index contributed by atoms with van der Waals surface area (Å²) in [7, 11) is 0. The van der Waals surface area contributed by atoms with Gasteiger partial charge in [0.1, 0.15) is 0 Å². The van der Waals surface area contributed by atoms with E-state index >= 15 is 0 Å². The molecule has 0 unspecified atom stereocenters. The molecule has 0 aliphatic carbocycles. The molecule has 1 aliphatic heterocycles. The maximum absolute atomic E-state index is 12.6. The first-order chi connectivity index (χ1) is 15.0. The monoisotopic (exact) mass is 416 g/mol. The van der Waals surface area contributed by atoms with Gasteiger partial charge in [0, 0.05) is 29.2 Å². The molecular formula is C24H20N2O5. The van der Waals surface area contributed by atoms with Crippen molar-refractivity contribution in [3.05, 3.63) is 83.1 Å². The third kappa shape index (κ3) is 3.44. The Bertz CT molecular complexity index is 1250. The maximum atomic E-state index is 12.6. The van der Waals surface area contributed by atoms with E-state index < -0.39 is 24.4 Å². The van der Waals surface area contributed by atoms with Gasteiger partial charge in [-0.3, -0.25) is 19.3 Å². The average molecular weight is 416 g/mol. The van der Waals surface area contributed by atoms with Gasteiger partial charge in [0.25, 0.3) is 11.8 Å². The summed E-state index contributed by atoms with van der Waals surface area (Å²) in [5.41, 5.74) is 2.90. The van der Waals surface area contributed by atoms with Crippen molar-refractivity contribution in [3.63, 3.8) is 0 Å². The zero-order valence-corrected chi connectivity index (χ0v) is 16.9. The van der Waals surface area contributed by atoms with Crippen molar-refractivity contribution in [2.24, 2.45) is 0 Å². The maximum Gasteiger partial charge on any atom is 0.338 e. The van der Waals surface area contributed by atoms with Crippen LogP contribution in [0.5, 0.6) is 0 Å². The fourth-order valence-electron chi connectivity index (χ4n) is 3.75. The molecule has 7 heteroatoms. The second kappa shape index (κ2) is 8.02. The number of H-pyrrole nitrogens is 1. The predicted octanol–water partition coefficient (Wildman–Crippen LogP) is 3.55. The highest BCUT2D eigenvalue weighted by Gasteiger charge is 2.35.